The summed E-state index contributed by atoms with van der Waals surface area (Å²) in [7, 11) is 0. The van der Waals surface area contributed by atoms with Crippen LogP contribution < -0.4 is 10.1 Å². The van der Waals surface area contributed by atoms with E-state index in [0.29, 0.717) is 17.0 Å². The number of aryl methyl sites for hydroxylation is 1. The van der Waals surface area contributed by atoms with Gasteiger partial charge in [0.2, 0.25) is 0 Å². The lowest BCUT2D eigenvalue weighted by Gasteiger charge is -2.08. The number of carbonyl (C=O) groups excluding carboxylic acids is 1. The molecule has 0 bridgehead atoms. The number of benzene rings is 1. The summed E-state index contributed by atoms with van der Waals surface area (Å²) in [6, 6.07) is 10.4. The Labute approximate surface area is 116 Å². The average molecular weight is 267 g/mol. The van der Waals surface area contributed by atoms with E-state index in [2.05, 4.69) is 10.3 Å². The van der Waals surface area contributed by atoms with Crippen LogP contribution in [0.1, 0.15) is 11.1 Å². The molecule has 0 saturated carbocycles. The SMILES string of the molecule is Cc1ccncc1NC(=O)COc1ccc(C#N)cc1. The number of nitrogens with zero attached hydrogens (tertiary/aromatic N) is 2. The zero-order chi connectivity index (χ0) is 14.4. The largest absolute Gasteiger partial charge is 0.484 e. The van der Waals surface area contributed by atoms with E-state index in [4.69, 9.17) is 10.00 Å². The Morgan fingerprint density at radius 3 is 2.75 bits per heavy atom. The minimum atomic E-state index is -0.259. The first-order valence-corrected chi connectivity index (χ1v) is 6.02. The number of aromatic nitrogens is 1. The molecule has 1 amide bonds. The van der Waals surface area contributed by atoms with E-state index in [1.807, 2.05) is 19.1 Å². The molecule has 0 fully saturated rings. The summed E-state index contributed by atoms with van der Waals surface area (Å²) >= 11 is 0. The Morgan fingerprint density at radius 1 is 1.35 bits per heavy atom. The van der Waals surface area contributed by atoms with Crippen molar-refractivity contribution in [1.82, 2.24) is 4.98 Å². The molecule has 1 aromatic carbocycles. The molecular formula is C15H13N3O2. The summed E-state index contributed by atoms with van der Waals surface area (Å²) < 4.78 is 5.34. The molecule has 0 radical (unpaired) electrons. The number of nitriles is 1. The molecule has 5 nitrogen and oxygen atoms in total. The Kier molecular flexibility index (Phi) is 4.30. The zero-order valence-electron chi connectivity index (χ0n) is 11.0. The number of anilines is 1. The van der Waals surface area contributed by atoms with E-state index in [0.717, 1.165) is 5.56 Å². The number of hydrogen-bond donors (Lipinski definition) is 1. The summed E-state index contributed by atoms with van der Waals surface area (Å²) in [4.78, 5) is 15.7. The summed E-state index contributed by atoms with van der Waals surface area (Å²) in [5.74, 6) is 0.285. The number of amides is 1. The highest BCUT2D eigenvalue weighted by Gasteiger charge is 2.05. The first-order valence-electron chi connectivity index (χ1n) is 6.02. The van der Waals surface area contributed by atoms with Crippen LogP contribution in [0, 0.1) is 18.3 Å². The average Bonchev–Trinajstić information content (AvgIpc) is 2.48. The zero-order valence-corrected chi connectivity index (χ0v) is 11.0. The van der Waals surface area contributed by atoms with Crippen LogP contribution in [-0.2, 0) is 4.79 Å². The highest BCUT2D eigenvalue weighted by atomic mass is 16.5. The molecule has 1 N–H and O–H groups in total. The van der Waals surface area contributed by atoms with Gasteiger partial charge < -0.3 is 10.1 Å². The monoisotopic (exact) mass is 267 g/mol. The lowest BCUT2D eigenvalue weighted by atomic mass is 10.2. The molecule has 0 aliphatic rings. The number of hydrogen-bond acceptors (Lipinski definition) is 4. The maximum atomic E-state index is 11.7. The van der Waals surface area contributed by atoms with Crippen molar-refractivity contribution in [2.24, 2.45) is 0 Å². The summed E-state index contributed by atoms with van der Waals surface area (Å²) in [5.41, 5.74) is 2.15. The summed E-state index contributed by atoms with van der Waals surface area (Å²) in [5, 5.41) is 11.4. The van der Waals surface area contributed by atoms with E-state index in [1.54, 1.807) is 36.7 Å². The van der Waals surface area contributed by atoms with Crippen molar-refractivity contribution in [3.8, 4) is 11.8 Å². The van der Waals surface area contributed by atoms with Crippen LogP contribution >= 0.6 is 0 Å². The highest BCUT2D eigenvalue weighted by Crippen LogP contribution is 2.13. The Morgan fingerprint density at radius 2 is 2.10 bits per heavy atom. The summed E-state index contributed by atoms with van der Waals surface area (Å²) in [6.45, 7) is 1.79. The first kappa shape index (κ1) is 13.6. The molecule has 1 aromatic heterocycles. The molecule has 0 unspecified atom stereocenters. The second kappa shape index (κ2) is 6.34. The summed E-state index contributed by atoms with van der Waals surface area (Å²) in [6.07, 6.45) is 3.26. The Balaban J connectivity index is 1.89. The number of nitrogens with one attached hydrogen (secondary N) is 1. The molecule has 0 aliphatic carbocycles. The molecule has 100 valence electrons. The third kappa shape index (κ3) is 3.56. The van der Waals surface area contributed by atoms with Gasteiger partial charge in [-0.15, -0.1) is 0 Å². The van der Waals surface area contributed by atoms with Gasteiger partial charge in [0.1, 0.15) is 5.75 Å². The van der Waals surface area contributed by atoms with Crippen molar-refractivity contribution in [3.63, 3.8) is 0 Å². The van der Waals surface area contributed by atoms with Crippen molar-refractivity contribution in [3.05, 3.63) is 53.9 Å². The van der Waals surface area contributed by atoms with Crippen LogP contribution in [0.25, 0.3) is 0 Å². The van der Waals surface area contributed by atoms with Crippen LogP contribution in [0.3, 0.4) is 0 Å². The Bertz CT molecular complexity index is 645. The topological polar surface area (TPSA) is 75.0 Å². The van der Waals surface area contributed by atoms with Crippen molar-refractivity contribution in [2.75, 3.05) is 11.9 Å². The maximum Gasteiger partial charge on any atom is 0.262 e. The van der Waals surface area contributed by atoms with Gasteiger partial charge in [0, 0.05) is 6.20 Å². The molecule has 0 aliphatic heterocycles. The fourth-order valence-electron chi connectivity index (χ4n) is 1.56. The van der Waals surface area contributed by atoms with Crippen molar-refractivity contribution in [1.29, 1.82) is 5.26 Å². The van der Waals surface area contributed by atoms with Gasteiger partial charge in [-0.3, -0.25) is 9.78 Å². The lowest BCUT2D eigenvalue weighted by molar-refractivity contribution is -0.118. The molecule has 0 atom stereocenters. The van der Waals surface area contributed by atoms with Gasteiger partial charge >= 0.3 is 0 Å². The molecule has 0 saturated heterocycles. The molecule has 20 heavy (non-hydrogen) atoms. The van der Waals surface area contributed by atoms with E-state index in [9.17, 15) is 4.79 Å². The van der Waals surface area contributed by atoms with E-state index < -0.39 is 0 Å². The fraction of sp³-hybridized carbons (Fsp3) is 0.133. The van der Waals surface area contributed by atoms with Gasteiger partial charge in [0.05, 0.1) is 23.5 Å². The van der Waals surface area contributed by atoms with Gasteiger partial charge in [0.15, 0.2) is 6.61 Å². The van der Waals surface area contributed by atoms with E-state index >= 15 is 0 Å². The van der Waals surface area contributed by atoms with E-state index in [1.165, 1.54) is 0 Å². The van der Waals surface area contributed by atoms with Crippen LogP contribution in [0.4, 0.5) is 5.69 Å². The van der Waals surface area contributed by atoms with Crippen LogP contribution in [0.15, 0.2) is 42.7 Å². The van der Waals surface area contributed by atoms with Gasteiger partial charge in [-0.1, -0.05) is 0 Å². The van der Waals surface area contributed by atoms with Crippen LogP contribution in [-0.4, -0.2) is 17.5 Å². The third-order valence-electron chi connectivity index (χ3n) is 2.67. The van der Waals surface area contributed by atoms with Crippen LogP contribution in [0.5, 0.6) is 5.75 Å². The molecule has 1 heterocycles. The first-order chi connectivity index (χ1) is 9.69. The predicted molar refractivity (Wildman–Crippen MR) is 74.3 cm³/mol. The van der Waals surface area contributed by atoms with Crippen molar-refractivity contribution >= 4 is 11.6 Å². The highest BCUT2D eigenvalue weighted by molar-refractivity contribution is 5.92. The van der Waals surface area contributed by atoms with Gasteiger partial charge in [-0.05, 0) is 42.8 Å². The number of ether oxygens (including phenoxy) is 1. The standard InChI is InChI=1S/C15H13N3O2/c1-11-6-7-17-9-14(11)18-15(19)10-20-13-4-2-12(8-16)3-5-13/h2-7,9H,10H2,1H3,(H,18,19). The smallest absolute Gasteiger partial charge is 0.262 e. The van der Waals surface area contributed by atoms with Gasteiger partial charge in [-0.2, -0.15) is 5.26 Å². The quantitative estimate of drug-likeness (QED) is 0.922. The lowest BCUT2D eigenvalue weighted by Crippen LogP contribution is -2.20. The molecule has 2 rings (SSSR count). The van der Waals surface area contributed by atoms with Gasteiger partial charge in [-0.25, -0.2) is 0 Å². The second-order valence-electron chi connectivity index (χ2n) is 4.16. The maximum absolute atomic E-state index is 11.7. The predicted octanol–water partition coefficient (Wildman–Crippen LogP) is 2.28. The minimum absolute atomic E-state index is 0.0970. The molecular weight excluding hydrogens is 254 g/mol. The van der Waals surface area contributed by atoms with E-state index in [-0.39, 0.29) is 12.5 Å². The van der Waals surface area contributed by atoms with Crippen molar-refractivity contribution in [2.45, 2.75) is 6.92 Å². The molecule has 5 heteroatoms. The molecule has 0 spiro atoms. The minimum Gasteiger partial charge on any atom is -0.484 e. The number of carbonyl (C=O) groups is 1. The third-order valence-corrected chi connectivity index (χ3v) is 2.67. The van der Waals surface area contributed by atoms with Crippen molar-refractivity contribution < 1.29 is 9.53 Å². The Hall–Kier alpha value is -2.87. The molecule has 2 aromatic rings. The second-order valence-corrected chi connectivity index (χ2v) is 4.16. The van der Waals surface area contributed by atoms with Gasteiger partial charge in [0.25, 0.3) is 5.91 Å². The normalized spacial score (nSPS) is 9.60. The number of rotatable bonds is 4. The fourth-order valence-corrected chi connectivity index (χ4v) is 1.56. The number of pyridine rings is 1. The van der Waals surface area contributed by atoms with Crippen LogP contribution in [0.2, 0.25) is 0 Å².